The summed E-state index contributed by atoms with van der Waals surface area (Å²) in [4.78, 5) is 5.90. The van der Waals surface area contributed by atoms with Gasteiger partial charge in [-0.3, -0.25) is 4.90 Å². The molecule has 0 spiro atoms. The van der Waals surface area contributed by atoms with Gasteiger partial charge in [-0.15, -0.1) is 11.3 Å². The quantitative estimate of drug-likeness (QED) is 0.879. The minimum Gasteiger partial charge on any atom is -0.309 e. The number of nitrogens with zero attached hydrogens (tertiary/aromatic N) is 1. The van der Waals surface area contributed by atoms with Crippen molar-refractivity contribution >= 4 is 11.3 Å². The Labute approximate surface area is 132 Å². The Morgan fingerprint density at radius 1 is 1.00 bits per heavy atom. The molecule has 0 amide bonds. The SMILES string of the molecule is c1cc(CN2CCCC3CCCCC32)sc1CNC1CC1. The molecule has 0 bridgehead atoms. The highest BCUT2D eigenvalue weighted by atomic mass is 32.1. The second kappa shape index (κ2) is 6.39. The summed E-state index contributed by atoms with van der Waals surface area (Å²) in [7, 11) is 0. The van der Waals surface area contributed by atoms with E-state index in [1.165, 1.54) is 69.3 Å². The van der Waals surface area contributed by atoms with Gasteiger partial charge in [0.05, 0.1) is 0 Å². The van der Waals surface area contributed by atoms with E-state index in [4.69, 9.17) is 0 Å². The molecule has 3 aliphatic rings. The van der Waals surface area contributed by atoms with E-state index >= 15 is 0 Å². The Kier molecular flexibility index (Phi) is 4.33. The first kappa shape index (κ1) is 14.2. The van der Waals surface area contributed by atoms with Crippen LogP contribution < -0.4 is 5.32 Å². The van der Waals surface area contributed by atoms with Crippen LogP contribution in [0.15, 0.2) is 12.1 Å². The topological polar surface area (TPSA) is 15.3 Å². The zero-order valence-electron chi connectivity index (χ0n) is 13.0. The summed E-state index contributed by atoms with van der Waals surface area (Å²) in [6, 6.07) is 6.43. The number of rotatable bonds is 5. The summed E-state index contributed by atoms with van der Waals surface area (Å²) in [5, 5.41) is 3.63. The van der Waals surface area contributed by atoms with Gasteiger partial charge in [0.2, 0.25) is 0 Å². The van der Waals surface area contributed by atoms with Crippen LogP contribution in [-0.4, -0.2) is 23.5 Å². The van der Waals surface area contributed by atoms with Gasteiger partial charge >= 0.3 is 0 Å². The lowest BCUT2D eigenvalue weighted by Crippen LogP contribution is -2.46. The molecule has 21 heavy (non-hydrogen) atoms. The highest BCUT2D eigenvalue weighted by Gasteiger charge is 2.33. The van der Waals surface area contributed by atoms with Gasteiger partial charge < -0.3 is 5.32 Å². The molecular formula is C18H28N2S. The van der Waals surface area contributed by atoms with Gasteiger partial charge in [-0.1, -0.05) is 12.8 Å². The normalized spacial score (nSPS) is 30.3. The van der Waals surface area contributed by atoms with Crippen LogP contribution in [0.25, 0.3) is 0 Å². The van der Waals surface area contributed by atoms with Crippen molar-refractivity contribution in [3.05, 3.63) is 21.9 Å². The fourth-order valence-corrected chi connectivity index (χ4v) is 5.25. The van der Waals surface area contributed by atoms with Gasteiger partial charge in [-0.25, -0.2) is 0 Å². The molecule has 3 heteroatoms. The minimum absolute atomic E-state index is 0.820. The van der Waals surface area contributed by atoms with E-state index in [1.807, 2.05) is 11.3 Å². The first-order valence-electron chi connectivity index (χ1n) is 8.93. The third-order valence-electron chi connectivity index (χ3n) is 5.58. The van der Waals surface area contributed by atoms with Crippen molar-refractivity contribution in [1.82, 2.24) is 10.2 Å². The predicted molar refractivity (Wildman–Crippen MR) is 89.6 cm³/mol. The molecular weight excluding hydrogens is 276 g/mol. The second-order valence-electron chi connectivity index (χ2n) is 7.25. The summed E-state index contributed by atoms with van der Waals surface area (Å²) in [5.41, 5.74) is 0. The number of nitrogens with one attached hydrogen (secondary N) is 1. The average molecular weight is 305 g/mol. The lowest BCUT2D eigenvalue weighted by atomic mass is 9.78. The number of fused-ring (bicyclic) bond motifs is 1. The molecule has 2 atom stereocenters. The van der Waals surface area contributed by atoms with Crippen LogP contribution in [-0.2, 0) is 13.1 Å². The maximum Gasteiger partial charge on any atom is 0.0331 e. The first-order chi connectivity index (χ1) is 10.4. The van der Waals surface area contributed by atoms with E-state index < -0.39 is 0 Å². The fraction of sp³-hybridized carbons (Fsp3) is 0.778. The van der Waals surface area contributed by atoms with Crippen molar-refractivity contribution in [2.45, 2.75) is 76.5 Å². The van der Waals surface area contributed by atoms with E-state index in [1.54, 1.807) is 4.88 Å². The summed E-state index contributed by atoms with van der Waals surface area (Å²) in [5.74, 6) is 1.00. The second-order valence-corrected chi connectivity index (χ2v) is 8.50. The van der Waals surface area contributed by atoms with Crippen molar-refractivity contribution in [1.29, 1.82) is 0 Å². The van der Waals surface area contributed by atoms with E-state index in [9.17, 15) is 0 Å². The Morgan fingerprint density at radius 2 is 1.81 bits per heavy atom. The van der Waals surface area contributed by atoms with E-state index in [0.29, 0.717) is 0 Å². The Hall–Kier alpha value is -0.380. The molecule has 116 valence electrons. The van der Waals surface area contributed by atoms with Crippen LogP contribution in [0.3, 0.4) is 0 Å². The van der Waals surface area contributed by atoms with Crippen molar-refractivity contribution in [3.8, 4) is 0 Å². The van der Waals surface area contributed by atoms with Gasteiger partial charge in [0, 0.05) is 34.9 Å². The Morgan fingerprint density at radius 3 is 2.71 bits per heavy atom. The molecule has 4 rings (SSSR count). The lowest BCUT2D eigenvalue weighted by Gasteiger charge is -2.44. The maximum absolute atomic E-state index is 3.63. The fourth-order valence-electron chi connectivity index (χ4n) is 4.26. The lowest BCUT2D eigenvalue weighted by molar-refractivity contribution is 0.0555. The number of likely N-dealkylation sites (tertiary alicyclic amines) is 1. The largest absolute Gasteiger partial charge is 0.309 e. The predicted octanol–water partition coefficient (Wildman–Crippen LogP) is 4.15. The summed E-state index contributed by atoms with van der Waals surface area (Å²) in [6.45, 7) is 3.62. The maximum atomic E-state index is 3.63. The number of hydrogen-bond donors (Lipinski definition) is 1. The van der Waals surface area contributed by atoms with Crippen LogP contribution in [0.4, 0.5) is 0 Å². The zero-order valence-corrected chi connectivity index (χ0v) is 13.8. The smallest absolute Gasteiger partial charge is 0.0331 e. The van der Waals surface area contributed by atoms with Crippen LogP contribution in [0, 0.1) is 5.92 Å². The van der Waals surface area contributed by atoms with E-state index in [0.717, 1.165) is 24.5 Å². The third kappa shape index (κ3) is 3.52. The molecule has 1 aromatic heterocycles. The van der Waals surface area contributed by atoms with Crippen LogP contribution in [0.1, 0.15) is 61.1 Å². The van der Waals surface area contributed by atoms with Gasteiger partial charge in [0.1, 0.15) is 0 Å². The van der Waals surface area contributed by atoms with Gasteiger partial charge in [-0.2, -0.15) is 0 Å². The summed E-state index contributed by atoms with van der Waals surface area (Å²) in [6.07, 6.45) is 11.5. The van der Waals surface area contributed by atoms with Crippen molar-refractivity contribution in [2.75, 3.05) is 6.54 Å². The molecule has 1 saturated heterocycles. The van der Waals surface area contributed by atoms with Crippen molar-refractivity contribution in [3.63, 3.8) is 0 Å². The molecule has 1 aliphatic heterocycles. The Bertz CT molecular complexity index is 464. The zero-order chi connectivity index (χ0) is 14.1. The highest BCUT2D eigenvalue weighted by molar-refractivity contribution is 7.11. The molecule has 0 radical (unpaired) electrons. The van der Waals surface area contributed by atoms with E-state index in [-0.39, 0.29) is 0 Å². The number of thiophene rings is 1. The average Bonchev–Trinajstić information content (AvgIpc) is 3.25. The van der Waals surface area contributed by atoms with Gasteiger partial charge in [0.25, 0.3) is 0 Å². The van der Waals surface area contributed by atoms with Crippen LogP contribution in [0.2, 0.25) is 0 Å². The highest BCUT2D eigenvalue weighted by Crippen LogP contribution is 2.36. The number of hydrogen-bond acceptors (Lipinski definition) is 3. The Balaban J connectivity index is 1.35. The van der Waals surface area contributed by atoms with Crippen molar-refractivity contribution < 1.29 is 0 Å². The molecule has 3 fully saturated rings. The molecule has 2 aliphatic carbocycles. The van der Waals surface area contributed by atoms with Crippen LogP contribution in [0.5, 0.6) is 0 Å². The molecule has 2 nitrogen and oxygen atoms in total. The molecule has 1 aromatic rings. The molecule has 0 aromatic carbocycles. The standard InChI is InChI=1S/C18H28N2S/c1-2-6-18-14(4-1)5-3-11-20(18)13-17-10-9-16(21-17)12-19-15-7-8-15/h9-10,14-15,18-19H,1-8,11-13H2. The first-order valence-corrected chi connectivity index (χ1v) is 9.75. The molecule has 1 N–H and O–H groups in total. The monoisotopic (exact) mass is 304 g/mol. The molecule has 2 saturated carbocycles. The van der Waals surface area contributed by atoms with Crippen LogP contribution >= 0.6 is 11.3 Å². The van der Waals surface area contributed by atoms with Gasteiger partial charge in [-0.05, 0) is 63.1 Å². The molecule has 2 unspecified atom stereocenters. The number of piperidine rings is 1. The third-order valence-corrected chi connectivity index (χ3v) is 6.65. The van der Waals surface area contributed by atoms with E-state index in [2.05, 4.69) is 22.3 Å². The van der Waals surface area contributed by atoms with Crippen molar-refractivity contribution in [2.24, 2.45) is 5.92 Å². The summed E-state index contributed by atoms with van der Waals surface area (Å²) >= 11 is 2.03. The summed E-state index contributed by atoms with van der Waals surface area (Å²) < 4.78 is 0. The van der Waals surface area contributed by atoms with Gasteiger partial charge in [0.15, 0.2) is 0 Å². The molecule has 2 heterocycles. The minimum atomic E-state index is 0.820.